The number of esters is 1. The average Bonchev–Trinajstić information content (AvgIpc) is 2.96. The summed E-state index contributed by atoms with van der Waals surface area (Å²) in [6.45, 7) is 1.85. The van der Waals surface area contributed by atoms with Gasteiger partial charge in [0, 0.05) is 6.04 Å². The molecule has 1 amide bonds. The van der Waals surface area contributed by atoms with Gasteiger partial charge >= 0.3 is 5.97 Å². The van der Waals surface area contributed by atoms with Crippen LogP contribution >= 0.6 is 11.3 Å². The van der Waals surface area contributed by atoms with Crippen LogP contribution in [-0.2, 0) is 9.53 Å². The maximum Gasteiger partial charge on any atom is 0.350 e. The van der Waals surface area contributed by atoms with Gasteiger partial charge in [0.2, 0.25) is 5.91 Å². The maximum atomic E-state index is 12.2. The Morgan fingerprint density at radius 3 is 2.79 bits per heavy atom. The van der Waals surface area contributed by atoms with Crippen LogP contribution in [-0.4, -0.2) is 25.0 Å². The van der Waals surface area contributed by atoms with E-state index in [0.717, 1.165) is 24.8 Å². The second-order valence-corrected chi connectivity index (χ2v) is 5.68. The van der Waals surface area contributed by atoms with Crippen molar-refractivity contribution >= 4 is 28.9 Å². The molecule has 2 atom stereocenters. The van der Waals surface area contributed by atoms with E-state index < -0.39 is 5.97 Å². The second kappa shape index (κ2) is 5.71. The first-order valence-corrected chi connectivity index (χ1v) is 7.15. The Morgan fingerprint density at radius 1 is 1.47 bits per heavy atom. The maximum absolute atomic E-state index is 12.2. The molecule has 0 spiro atoms. The van der Waals surface area contributed by atoms with Crippen LogP contribution in [0.4, 0.5) is 5.69 Å². The molecular weight excluding hydrogens is 264 g/mol. The Kier molecular flexibility index (Phi) is 4.21. The van der Waals surface area contributed by atoms with Crippen LogP contribution in [0.5, 0.6) is 0 Å². The van der Waals surface area contributed by atoms with Crippen molar-refractivity contribution in [1.82, 2.24) is 0 Å². The quantitative estimate of drug-likeness (QED) is 0.830. The normalized spacial score (nSPS) is 22.3. The molecule has 1 saturated carbocycles. The zero-order valence-electron chi connectivity index (χ0n) is 11.1. The largest absolute Gasteiger partial charge is 0.465 e. The molecule has 0 aromatic carbocycles. The lowest BCUT2D eigenvalue weighted by Crippen LogP contribution is -2.34. The number of methoxy groups -OCH3 is 1. The highest BCUT2D eigenvalue weighted by Gasteiger charge is 2.31. The molecule has 0 saturated heterocycles. The highest BCUT2D eigenvalue weighted by atomic mass is 32.1. The van der Waals surface area contributed by atoms with Crippen molar-refractivity contribution in [1.29, 1.82) is 0 Å². The molecule has 1 fully saturated rings. The van der Waals surface area contributed by atoms with Crippen LogP contribution in [0.3, 0.4) is 0 Å². The van der Waals surface area contributed by atoms with Crippen LogP contribution in [0.25, 0.3) is 0 Å². The Hall–Kier alpha value is -1.40. The second-order valence-electron chi connectivity index (χ2n) is 4.80. The van der Waals surface area contributed by atoms with Crippen LogP contribution < -0.4 is 11.1 Å². The van der Waals surface area contributed by atoms with E-state index in [4.69, 9.17) is 10.5 Å². The predicted molar refractivity (Wildman–Crippen MR) is 74.3 cm³/mol. The minimum Gasteiger partial charge on any atom is -0.465 e. The van der Waals surface area contributed by atoms with Crippen LogP contribution in [0.15, 0.2) is 5.38 Å². The molecular formula is C13H18N2O3S. The van der Waals surface area contributed by atoms with E-state index in [1.165, 1.54) is 18.4 Å². The Balaban J connectivity index is 2.16. The number of nitrogens with two attached hydrogens (primary N) is 1. The molecule has 104 valence electrons. The van der Waals surface area contributed by atoms with Gasteiger partial charge in [0.25, 0.3) is 0 Å². The van der Waals surface area contributed by atoms with Crippen LogP contribution in [0, 0.1) is 12.8 Å². The van der Waals surface area contributed by atoms with E-state index in [0.29, 0.717) is 10.6 Å². The molecule has 1 aromatic rings. The molecule has 0 bridgehead atoms. The van der Waals surface area contributed by atoms with E-state index in [2.05, 4.69) is 5.32 Å². The van der Waals surface area contributed by atoms with Crippen molar-refractivity contribution < 1.29 is 14.3 Å². The fraction of sp³-hybridized carbons (Fsp3) is 0.538. The molecule has 1 aliphatic rings. The Bertz CT molecular complexity index is 498. The van der Waals surface area contributed by atoms with Gasteiger partial charge in [0.15, 0.2) is 0 Å². The van der Waals surface area contributed by atoms with Gasteiger partial charge in [-0.3, -0.25) is 4.79 Å². The van der Waals surface area contributed by atoms with Gasteiger partial charge in [0.05, 0.1) is 18.7 Å². The summed E-state index contributed by atoms with van der Waals surface area (Å²) >= 11 is 1.27. The fourth-order valence-electron chi connectivity index (χ4n) is 2.37. The van der Waals surface area contributed by atoms with E-state index in [1.54, 1.807) is 0 Å². The minimum atomic E-state index is -0.427. The lowest BCUT2D eigenvalue weighted by Gasteiger charge is -2.15. The number of carbonyl (C=O) groups excluding carboxylic acids is 2. The standard InChI is InChI=1S/C13H18N2O3S/c1-7-6-19-11(13(17)18-2)10(7)15-12(16)8-4-3-5-9(8)14/h6,8-9H,3-5,14H2,1-2H3,(H,15,16). The summed E-state index contributed by atoms with van der Waals surface area (Å²) in [5.41, 5.74) is 7.34. The monoisotopic (exact) mass is 282 g/mol. The van der Waals surface area contributed by atoms with Crippen molar-refractivity contribution in [2.24, 2.45) is 11.7 Å². The molecule has 6 heteroatoms. The first kappa shape index (κ1) is 14.0. The summed E-state index contributed by atoms with van der Waals surface area (Å²) in [6.07, 6.45) is 2.67. The van der Waals surface area contributed by atoms with Crippen molar-refractivity contribution in [2.75, 3.05) is 12.4 Å². The van der Waals surface area contributed by atoms with Crippen molar-refractivity contribution in [3.8, 4) is 0 Å². The molecule has 3 N–H and O–H groups in total. The smallest absolute Gasteiger partial charge is 0.350 e. The number of anilines is 1. The fourth-order valence-corrected chi connectivity index (χ4v) is 3.29. The molecule has 0 radical (unpaired) electrons. The van der Waals surface area contributed by atoms with Gasteiger partial charge in [-0.1, -0.05) is 6.42 Å². The van der Waals surface area contributed by atoms with Gasteiger partial charge in [-0.2, -0.15) is 0 Å². The number of hydrogen-bond acceptors (Lipinski definition) is 5. The lowest BCUT2D eigenvalue weighted by molar-refractivity contribution is -0.120. The summed E-state index contributed by atoms with van der Waals surface area (Å²) in [4.78, 5) is 24.3. The topological polar surface area (TPSA) is 81.4 Å². The summed E-state index contributed by atoms with van der Waals surface area (Å²) in [5, 5.41) is 4.67. The lowest BCUT2D eigenvalue weighted by atomic mass is 10.0. The number of thiophene rings is 1. The van der Waals surface area contributed by atoms with E-state index in [-0.39, 0.29) is 17.9 Å². The van der Waals surface area contributed by atoms with Crippen LogP contribution in [0.2, 0.25) is 0 Å². The van der Waals surface area contributed by atoms with Crippen molar-refractivity contribution in [3.05, 3.63) is 15.8 Å². The molecule has 19 heavy (non-hydrogen) atoms. The van der Waals surface area contributed by atoms with Crippen LogP contribution in [0.1, 0.15) is 34.5 Å². The summed E-state index contributed by atoms with van der Waals surface area (Å²) < 4.78 is 4.71. The Labute approximate surface area is 116 Å². The van der Waals surface area contributed by atoms with E-state index >= 15 is 0 Å². The molecule has 5 nitrogen and oxygen atoms in total. The third kappa shape index (κ3) is 2.79. The van der Waals surface area contributed by atoms with Crippen molar-refractivity contribution in [2.45, 2.75) is 32.2 Å². The van der Waals surface area contributed by atoms with Gasteiger partial charge in [0.1, 0.15) is 4.88 Å². The molecule has 0 aliphatic heterocycles. The number of aryl methyl sites for hydroxylation is 1. The molecule has 1 aromatic heterocycles. The zero-order valence-corrected chi connectivity index (χ0v) is 11.9. The number of amides is 1. The van der Waals surface area contributed by atoms with E-state index in [1.807, 2.05) is 12.3 Å². The van der Waals surface area contributed by atoms with Gasteiger partial charge < -0.3 is 15.8 Å². The first-order valence-electron chi connectivity index (χ1n) is 6.27. The number of nitrogens with one attached hydrogen (secondary N) is 1. The Morgan fingerprint density at radius 2 is 2.21 bits per heavy atom. The number of carbonyl (C=O) groups is 2. The minimum absolute atomic E-state index is 0.0829. The molecule has 2 rings (SSSR count). The number of hydrogen-bond donors (Lipinski definition) is 2. The number of rotatable bonds is 3. The first-order chi connectivity index (χ1) is 9.04. The molecule has 1 heterocycles. The van der Waals surface area contributed by atoms with Crippen molar-refractivity contribution in [3.63, 3.8) is 0 Å². The highest BCUT2D eigenvalue weighted by molar-refractivity contribution is 7.12. The zero-order chi connectivity index (χ0) is 14.0. The summed E-state index contributed by atoms with van der Waals surface area (Å²) in [5.74, 6) is -0.689. The van der Waals surface area contributed by atoms with Gasteiger partial charge in [-0.15, -0.1) is 11.3 Å². The third-order valence-electron chi connectivity index (χ3n) is 3.50. The molecule has 2 unspecified atom stereocenters. The molecule has 1 aliphatic carbocycles. The average molecular weight is 282 g/mol. The predicted octanol–water partition coefficient (Wildman–Crippen LogP) is 1.91. The summed E-state index contributed by atoms with van der Waals surface area (Å²) in [6, 6.07) is -0.0829. The summed E-state index contributed by atoms with van der Waals surface area (Å²) in [7, 11) is 1.33. The van der Waals surface area contributed by atoms with Gasteiger partial charge in [-0.05, 0) is 30.7 Å². The van der Waals surface area contributed by atoms with Gasteiger partial charge in [-0.25, -0.2) is 4.79 Å². The SMILES string of the molecule is COC(=O)c1scc(C)c1NC(=O)C1CCCC1N. The number of ether oxygens (including phenoxy) is 1. The van der Waals surface area contributed by atoms with E-state index in [9.17, 15) is 9.59 Å². The highest BCUT2D eigenvalue weighted by Crippen LogP contribution is 2.31. The third-order valence-corrected chi connectivity index (χ3v) is 4.58.